The van der Waals surface area contributed by atoms with Crippen LogP contribution in [0, 0.1) is 6.92 Å². The summed E-state index contributed by atoms with van der Waals surface area (Å²) in [5.41, 5.74) is 3.97. The lowest BCUT2D eigenvalue weighted by molar-refractivity contribution is 0.0526. The average Bonchev–Trinajstić information content (AvgIpc) is 3.41. The molecule has 0 aliphatic carbocycles. The summed E-state index contributed by atoms with van der Waals surface area (Å²) in [6.45, 7) is 8.64. The van der Waals surface area contributed by atoms with Crippen molar-refractivity contribution in [2.24, 2.45) is 0 Å². The average molecular weight is 454 g/mol. The number of methoxy groups -OCH3 is 1. The fraction of sp³-hybridized carbons (Fsp3) is 0.292. The van der Waals surface area contributed by atoms with Gasteiger partial charge in [0.25, 0.3) is 5.91 Å². The van der Waals surface area contributed by atoms with Gasteiger partial charge in [-0.05, 0) is 44.0 Å². The van der Waals surface area contributed by atoms with Crippen LogP contribution in [0.1, 0.15) is 38.3 Å². The highest BCUT2D eigenvalue weighted by atomic mass is 32.1. The second kappa shape index (κ2) is 10.8. The maximum absolute atomic E-state index is 12.7. The van der Waals surface area contributed by atoms with Crippen LogP contribution < -0.4 is 10.1 Å². The van der Waals surface area contributed by atoms with E-state index in [2.05, 4.69) is 21.4 Å². The van der Waals surface area contributed by atoms with E-state index in [0.29, 0.717) is 36.0 Å². The molecule has 0 radical (unpaired) electrons. The minimum Gasteiger partial charge on any atom is -0.497 e. The summed E-state index contributed by atoms with van der Waals surface area (Å²) in [6, 6.07) is 9.73. The molecule has 1 aromatic carbocycles. The van der Waals surface area contributed by atoms with Crippen LogP contribution in [0.5, 0.6) is 5.75 Å². The van der Waals surface area contributed by atoms with Gasteiger partial charge in [0, 0.05) is 24.2 Å². The third kappa shape index (κ3) is 5.26. The Kier molecular flexibility index (Phi) is 7.83. The standard InChI is InChI=1S/C24H27N3O4S/c1-5-12-25-22(28)19-14-21(20-15-32-23(26-20)24(29)31-6-2)27(16(19)3)13-11-17-7-9-18(30-4)10-8-17/h5,7-10,14-15H,1,6,11-13H2,2-4H3,(H,25,28). The first-order valence-electron chi connectivity index (χ1n) is 10.3. The molecule has 7 nitrogen and oxygen atoms in total. The molecule has 0 atom stereocenters. The summed E-state index contributed by atoms with van der Waals surface area (Å²) in [6.07, 6.45) is 2.40. The van der Waals surface area contributed by atoms with E-state index in [1.165, 1.54) is 11.3 Å². The van der Waals surface area contributed by atoms with Crippen molar-refractivity contribution in [3.8, 4) is 17.1 Å². The second-order valence-electron chi connectivity index (χ2n) is 7.04. The van der Waals surface area contributed by atoms with Crippen LogP contribution in [-0.2, 0) is 17.7 Å². The summed E-state index contributed by atoms with van der Waals surface area (Å²) in [5.74, 6) is 0.190. The van der Waals surface area contributed by atoms with Crippen LogP contribution in [-0.4, -0.2) is 41.7 Å². The number of thiazole rings is 1. The minimum atomic E-state index is -0.444. The number of esters is 1. The molecule has 0 saturated carbocycles. The number of amides is 1. The molecule has 8 heteroatoms. The van der Waals surface area contributed by atoms with E-state index in [1.807, 2.05) is 42.6 Å². The van der Waals surface area contributed by atoms with Crippen molar-refractivity contribution in [1.29, 1.82) is 0 Å². The fourth-order valence-corrected chi connectivity index (χ4v) is 4.05. The first-order chi connectivity index (χ1) is 15.5. The van der Waals surface area contributed by atoms with Crippen LogP contribution in [0.4, 0.5) is 0 Å². The molecule has 3 aromatic rings. The zero-order valence-electron chi connectivity index (χ0n) is 18.5. The normalized spacial score (nSPS) is 10.6. The highest BCUT2D eigenvalue weighted by molar-refractivity contribution is 7.11. The summed E-state index contributed by atoms with van der Waals surface area (Å²) < 4.78 is 12.4. The van der Waals surface area contributed by atoms with E-state index in [1.54, 1.807) is 20.1 Å². The van der Waals surface area contributed by atoms with E-state index >= 15 is 0 Å². The predicted molar refractivity (Wildman–Crippen MR) is 125 cm³/mol. The number of aryl methyl sites for hydroxylation is 1. The molecular weight excluding hydrogens is 426 g/mol. The lowest BCUT2D eigenvalue weighted by atomic mass is 10.1. The first kappa shape index (κ1) is 23.3. The zero-order valence-corrected chi connectivity index (χ0v) is 19.3. The molecule has 0 fully saturated rings. The Morgan fingerprint density at radius 3 is 2.69 bits per heavy atom. The molecule has 0 bridgehead atoms. The second-order valence-corrected chi connectivity index (χ2v) is 7.89. The molecule has 1 amide bonds. The zero-order chi connectivity index (χ0) is 23.1. The molecule has 1 N–H and O–H groups in total. The van der Waals surface area contributed by atoms with Gasteiger partial charge in [-0.1, -0.05) is 18.2 Å². The van der Waals surface area contributed by atoms with Crippen molar-refractivity contribution in [3.05, 3.63) is 70.2 Å². The van der Waals surface area contributed by atoms with Gasteiger partial charge >= 0.3 is 5.97 Å². The molecule has 0 aliphatic heterocycles. The molecule has 2 aromatic heterocycles. The van der Waals surface area contributed by atoms with Crippen LogP contribution in [0.2, 0.25) is 0 Å². The van der Waals surface area contributed by atoms with Crippen molar-refractivity contribution in [2.75, 3.05) is 20.3 Å². The Labute approximate surface area is 191 Å². The van der Waals surface area contributed by atoms with Crippen molar-refractivity contribution >= 4 is 23.2 Å². The number of nitrogens with one attached hydrogen (secondary N) is 1. The van der Waals surface area contributed by atoms with E-state index in [9.17, 15) is 9.59 Å². The van der Waals surface area contributed by atoms with E-state index < -0.39 is 5.97 Å². The van der Waals surface area contributed by atoms with Crippen molar-refractivity contribution < 1.29 is 19.1 Å². The predicted octanol–water partition coefficient (Wildman–Crippen LogP) is 4.26. The number of carbonyl (C=O) groups is 2. The topological polar surface area (TPSA) is 82.5 Å². The van der Waals surface area contributed by atoms with Gasteiger partial charge in [0.1, 0.15) is 5.75 Å². The Morgan fingerprint density at radius 2 is 2.03 bits per heavy atom. The molecule has 2 heterocycles. The molecular formula is C24H27N3O4S. The largest absolute Gasteiger partial charge is 0.497 e. The van der Waals surface area contributed by atoms with Gasteiger partial charge in [0.15, 0.2) is 0 Å². The molecule has 0 saturated heterocycles. The maximum Gasteiger partial charge on any atom is 0.367 e. The lowest BCUT2D eigenvalue weighted by Crippen LogP contribution is -2.23. The van der Waals surface area contributed by atoms with E-state index in [4.69, 9.17) is 9.47 Å². The van der Waals surface area contributed by atoms with E-state index in [0.717, 1.165) is 29.1 Å². The van der Waals surface area contributed by atoms with Gasteiger partial charge in [-0.25, -0.2) is 9.78 Å². The van der Waals surface area contributed by atoms with Gasteiger partial charge in [-0.15, -0.1) is 17.9 Å². The monoisotopic (exact) mass is 453 g/mol. The quantitative estimate of drug-likeness (QED) is 0.366. The maximum atomic E-state index is 12.7. The van der Waals surface area contributed by atoms with Crippen LogP contribution in [0.15, 0.2) is 48.4 Å². The van der Waals surface area contributed by atoms with Crippen molar-refractivity contribution in [2.45, 2.75) is 26.8 Å². The Bertz CT molecular complexity index is 1100. The van der Waals surface area contributed by atoms with Crippen LogP contribution >= 0.6 is 11.3 Å². The highest BCUT2D eigenvalue weighted by Crippen LogP contribution is 2.28. The molecule has 32 heavy (non-hydrogen) atoms. The third-order valence-electron chi connectivity index (χ3n) is 5.02. The SMILES string of the molecule is C=CCNC(=O)c1cc(-c2csc(C(=O)OCC)n2)n(CCc2ccc(OC)cc2)c1C. The molecule has 3 rings (SSSR count). The van der Waals surface area contributed by atoms with Crippen molar-refractivity contribution in [3.63, 3.8) is 0 Å². The summed E-state index contributed by atoms with van der Waals surface area (Å²) in [4.78, 5) is 29.2. The van der Waals surface area contributed by atoms with Gasteiger partial charge in [0.2, 0.25) is 5.01 Å². The van der Waals surface area contributed by atoms with Crippen molar-refractivity contribution in [1.82, 2.24) is 14.9 Å². The Hall–Kier alpha value is -3.39. The number of aromatic nitrogens is 2. The number of carbonyl (C=O) groups excluding carboxylic acids is 2. The lowest BCUT2D eigenvalue weighted by Gasteiger charge is -2.11. The molecule has 168 valence electrons. The summed E-state index contributed by atoms with van der Waals surface area (Å²) in [7, 11) is 1.64. The summed E-state index contributed by atoms with van der Waals surface area (Å²) in [5, 5.41) is 4.94. The molecule has 0 unspecified atom stereocenters. The number of hydrogen-bond donors (Lipinski definition) is 1. The third-order valence-corrected chi connectivity index (χ3v) is 5.84. The Morgan fingerprint density at radius 1 is 1.28 bits per heavy atom. The number of hydrogen-bond acceptors (Lipinski definition) is 6. The van der Waals surface area contributed by atoms with E-state index in [-0.39, 0.29) is 5.91 Å². The minimum absolute atomic E-state index is 0.173. The summed E-state index contributed by atoms with van der Waals surface area (Å²) >= 11 is 1.23. The number of nitrogens with zero attached hydrogens (tertiary/aromatic N) is 2. The van der Waals surface area contributed by atoms with Gasteiger partial charge in [-0.2, -0.15) is 0 Å². The smallest absolute Gasteiger partial charge is 0.367 e. The number of rotatable bonds is 10. The van der Waals surface area contributed by atoms with Gasteiger partial charge in [-0.3, -0.25) is 4.79 Å². The molecule has 0 spiro atoms. The Balaban J connectivity index is 1.93. The van der Waals surface area contributed by atoms with Crippen LogP contribution in [0.25, 0.3) is 11.4 Å². The highest BCUT2D eigenvalue weighted by Gasteiger charge is 2.21. The number of benzene rings is 1. The van der Waals surface area contributed by atoms with Gasteiger partial charge < -0.3 is 19.4 Å². The first-order valence-corrected chi connectivity index (χ1v) is 11.2. The van der Waals surface area contributed by atoms with Crippen LogP contribution in [0.3, 0.4) is 0 Å². The number of ether oxygens (including phenoxy) is 2. The van der Waals surface area contributed by atoms with Gasteiger partial charge in [0.05, 0.1) is 30.7 Å². The fourth-order valence-electron chi connectivity index (χ4n) is 3.35. The molecule has 0 aliphatic rings.